The van der Waals surface area contributed by atoms with E-state index >= 15 is 0 Å². The molecule has 1 rings (SSSR count). The topological polar surface area (TPSA) is 52.1 Å². The van der Waals surface area contributed by atoms with Crippen LogP contribution < -0.4 is 0 Å². The summed E-state index contributed by atoms with van der Waals surface area (Å²) in [5.41, 5.74) is 0.913. The number of rotatable bonds is 5. The fourth-order valence-corrected chi connectivity index (χ4v) is 1.94. The Morgan fingerprint density at radius 3 is 2.71 bits per heavy atom. The maximum absolute atomic E-state index is 11.3. The van der Waals surface area contributed by atoms with Gasteiger partial charge in [0.25, 0.3) is 0 Å². The van der Waals surface area contributed by atoms with Gasteiger partial charge in [-0.3, -0.25) is 0 Å². The van der Waals surface area contributed by atoms with Gasteiger partial charge in [-0.15, -0.1) is 0 Å². The first-order valence-corrected chi connectivity index (χ1v) is 6.12. The van der Waals surface area contributed by atoms with E-state index in [1.807, 2.05) is 0 Å². The highest BCUT2D eigenvalue weighted by Crippen LogP contribution is 2.24. The fourth-order valence-electron chi connectivity index (χ4n) is 1.72. The van der Waals surface area contributed by atoms with Crippen LogP contribution in [0.4, 0.5) is 0 Å². The predicted octanol–water partition coefficient (Wildman–Crippen LogP) is 3.21. The minimum absolute atomic E-state index is 0.0734. The largest absolute Gasteiger partial charge is 0.464 e. The molecule has 5 heteroatoms. The molecule has 0 saturated heterocycles. The maximum Gasteiger partial charge on any atom is 0.359 e. The summed E-state index contributed by atoms with van der Waals surface area (Å²) in [6.45, 7) is 4.23. The van der Waals surface area contributed by atoms with Crippen LogP contribution in [0, 0.1) is 0 Å². The van der Waals surface area contributed by atoms with E-state index in [4.69, 9.17) is 11.6 Å². The van der Waals surface area contributed by atoms with Crippen molar-refractivity contribution in [3.8, 4) is 0 Å². The van der Waals surface area contributed by atoms with E-state index in [0.717, 1.165) is 25.0 Å². The summed E-state index contributed by atoms with van der Waals surface area (Å²) in [7, 11) is 1.29. The number of carbonyl (C=O) groups excluding carboxylic acids is 1. The number of hydrogen-bond donors (Lipinski definition) is 0. The van der Waals surface area contributed by atoms with Crippen molar-refractivity contribution in [3.63, 3.8) is 0 Å². The molecule has 1 aromatic rings. The zero-order valence-electron chi connectivity index (χ0n) is 10.4. The third-order valence-corrected chi connectivity index (χ3v) is 2.94. The van der Waals surface area contributed by atoms with Crippen molar-refractivity contribution in [2.24, 2.45) is 0 Å². The number of methoxy groups -OCH3 is 1. The molecule has 1 aromatic heterocycles. The average molecular weight is 257 g/mol. The molecule has 0 radical (unpaired) electrons. The second-order valence-electron chi connectivity index (χ2n) is 3.82. The van der Waals surface area contributed by atoms with Gasteiger partial charge in [-0.2, -0.15) is 0 Å². The standard InChI is InChI=1S/C12H17ClN2O2/c1-4-6-8(5-2)9-7-14-10(11(13)15-9)12(16)17-3/h7-8H,4-6H2,1-3H3. The maximum atomic E-state index is 11.3. The molecule has 0 N–H and O–H groups in total. The van der Waals surface area contributed by atoms with Crippen LogP contribution in [0.15, 0.2) is 6.20 Å². The van der Waals surface area contributed by atoms with Crippen LogP contribution in [-0.2, 0) is 4.74 Å². The van der Waals surface area contributed by atoms with Crippen LogP contribution in [0.3, 0.4) is 0 Å². The van der Waals surface area contributed by atoms with Gasteiger partial charge in [-0.05, 0) is 12.8 Å². The minimum Gasteiger partial charge on any atom is -0.464 e. The van der Waals surface area contributed by atoms with E-state index in [2.05, 4.69) is 28.6 Å². The van der Waals surface area contributed by atoms with Crippen LogP contribution in [0.25, 0.3) is 0 Å². The molecule has 0 spiro atoms. The molecule has 0 aliphatic carbocycles. The van der Waals surface area contributed by atoms with Crippen molar-refractivity contribution >= 4 is 17.6 Å². The van der Waals surface area contributed by atoms with E-state index in [-0.39, 0.29) is 10.8 Å². The molecule has 0 aromatic carbocycles. The first-order chi connectivity index (χ1) is 8.13. The Balaban J connectivity index is 2.98. The molecule has 0 saturated carbocycles. The summed E-state index contributed by atoms with van der Waals surface area (Å²) in [5, 5.41) is 0.115. The Morgan fingerprint density at radius 1 is 1.53 bits per heavy atom. The normalized spacial score (nSPS) is 12.2. The lowest BCUT2D eigenvalue weighted by atomic mass is 9.97. The van der Waals surface area contributed by atoms with Crippen LogP contribution in [0.1, 0.15) is 55.2 Å². The van der Waals surface area contributed by atoms with Gasteiger partial charge in [0.05, 0.1) is 12.8 Å². The lowest BCUT2D eigenvalue weighted by Crippen LogP contribution is -2.09. The van der Waals surface area contributed by atoms with Gasteiger partial charge >= 0.3 is 5.97 Å². The third-order valence-electron chi connectivity index (χ3n) is 2.68. The van der Waals surface area contributed by atoms with E-state index in [9.17, 15) is 4.79 Å². The summed E-state index contributed by atoms with van der Waals surface area (Å²) in [4.78, 5) is 19.6. The quantitative estimate of drug-likeness (QED) is 0.759. The first kappa shape index (κ1) is 13.9. The second-order valence-corrected chi connectivity index (χ2v) is 4.18. The van der Waals surface area contributed by atoms with Crippen LogP contribution in [0.5, 0.6) is 0 Å². The number of esters is 1. The molecule has 4 nitrogen and oxygen atoms in total. The van der Waals surface area contributed by atoms with Gasteiger partial charge < -0.3 is 4.74 Å². The molecule has 0 fully saturated rings. The van der Waals surface area contributed by atoms with Gasteiger partial charge in [0.2, 0.25) is 0 Å². The Kier molecular flexibility index (Phi) is 5.35. The Labute approximate surface area is 106 Å². The van der Waals surface area contributed by atoms with Gasteiger partial charge in [0.1, 0.15) is 0 Å². The molecule has 94 valence electrons. The number of nitrogens with zero attached hydrogens (tertiary/aromatic N) is 2. The summed E-state index contributed by atoms with van der Waals surface area (Å²) in [5.74, 6) is -0.214. The highest BCUT2D eigenvalue weighted by Gasteiger charge is 2.17. The number of ether oxygens (including phenoxy) is 1. The zero-order valence-corrected chi connectivity index (χ0v) is 11.1. The Bertz CT molecular complexity index is 396. The first-order valence-electron chi connectivity index (χ1n) is 5.74. The molecule has 0 bridgehead atoms. The second kappa shape index (κ2) is 6.55. The van der Waals surface area contributed by atoms with Crippen molar-refractivity contribution in [2.75, 3.05) is 7.11 Å². The third kappa shape index (κ3) is 3.40. The van der Waals surface area contributed by atoms with E-state index in [1.54, 1.807) is 6.20 Å². The number of aromatic nitrogens is 2. The zero-order chi connectivity index (χ0) is 12.8. The predicted molar refractivity (Wildman–Crippen MR) is 66.3 cm³/mol. The average Bonchev–Trinajstić information content (AvgIpc) is 2.35. The van der Waals surface area contributed by atoms with Gasteiger partial charge in [-0.1, -0.05) is 31.9 Å². The van der Waals surface area contributed by atoms with Crippen LogP contribution in [0.2, 0.25) is 5.15 Å². The minimum atomic E-state index is -0.558. The lowest BCUT2D eigenvalue weighted by Gasteiger charge is -2.13. The molecule has 0 aliphatic rings. The molecule has 0 amide bonds. The summed E-state index contributed by atoms with van der Waals surface area (Å²) in [6.07, 6.45) is 4.72. The highest BCUT2D eigenvalue weighted by atomic mass is 35.5. The van der Waals surface area contributed by atoms with Gasteiger partial charge in [-0.25, -0.2) is 14.8 Å². The Hall–Kier alpha value is -1.16. The summed E-state index contributed by atoms with van der Waals surface area (Å²) in [6, 6.07) is 0. The van der Waals surface area contributed by atoms with E-state index in [0.29, 0.717) is 5.92 Å². The SMILES string of the molecule is CCCC(CC)c1cnc(C(=O)OC)c(Cl)n1. The van der Waals surface area contributed by atoms with Crippen molar-refractivity contribution in [2.45, 2.75) is 39.0 Å². The summed E-state index contributed by atoms with van der Waals surface area (Å²) < 4.78 is 4.57. The number of halogens is 1. The molecule has 0 aliphatic heterocycles. The number of carbonyl (C=O) groups is 1. The summed E-state index contributed by atoms with van der Waals surface area (Å²) >= 11 is 5.93. The van der Waals surface area contributed by atoms with Crippen molar-refractivity contribution < 1.29 is 9.53 Å². The van der Waals surface area contributed by atoms with Crippen molar-refractivity contribution in [1.82, 2.24) is 9.97 Å². The highest BCUT2D eigenvalue weighted by molar-refractivity contribution is 6.32. The Morgan fingerprint density at radius 2 is 2.24 bits per heavy atom. The van der Waals surface area contributed by atoms with Crippen LogP contribution in [-0.4, -0.2) is 23.0 Å². The fraction of sp³-hybridized carbons (Fsp3) is 0.583. The molecule has 1 unspecified atom stereocenters. The molecule has 1 atom stereocenters. The molecular formula is C12H17ClN2O2. The number of hydrogen-bond acceptors (Lipinski definition) is 4. The van der Waals surface area contributed by atoms with E-state index in [1.165, 1.54) is 7.11 Å². The van der Waals surface area contributed by atoms with Gasteiger partial charge in [0, 0.05) is 12.1 Å². The molecule has 17 heavy (non-hydrogen) atoms. The van der Waals surface area contributed by atoms with Crippen LogP contribution >= 0.6 is 11.6 Å². The smallest absolute Gasteiger partial charge is 0.359 e. The van der Waals surface area contributed by atoms with E-state index < -0.39 is 5.97 Å². The van der Waals surface area contributed by atoms with Gasteiger partial charge in [0.15, 0.2) is 10.8 Å². The molecule has 1 heterocycles. The monoisotopic (exact) mass is 256 g/mol. The molecular weight excluding hydrogens is 240 g/mol. The van der Waals surface area contributed by atoms with Crippen molar-refractivity contribution in [1.29, 1.82) is 0 Å². The lowest BCUT2D eigenvalue weighted by molar-refractivity contribution is 0.0593. The van der Waals surface area contributed by atoms with Crippen molar-refractivity contribution in [3.05, 3.63) is 22.7 Å².